The molecule has 2 heteroatoms. The fourth-order valence-corrected chi connectivity index (χ4v) is 2.85. The highest BCUT2D eigenvalue weighted by Gasteiger charge is 2.17. The van der Waals surface area contributed by atoms with Crippen LogP contribution in [0.15, 0.2) is 18.2 Å². The zero-order valence-electron chi connectivity index (χ0n) is 10.1. The molecule has 3 rings (SSSR count). The first kappa shape index (κ1) is 10.6. The van der Waals surface area contributed by atoms with E-state index < -0.39 is 0 Å². The highest BCUT2D eigenvalue weighted by molar-refractivity contribution is 5.86. The predicted molar refractivity (Wildman–Crippen MR) is 69.4 cm³/mol. The Labute approximate surface area is 101 Å². The minimum atomic E-state index is 0.323. The molecule has 1 aliphatic carbocycles. The van der Waals surface area contributed by atoms with Gasteiger partial charge in [0.1, 0.15) is 6.29 Å². The normalized spacial score (nSPS) is 16.1. The number of rotatable bonds is 3. The number of benzene rings is 1. The Balaban J connectivity index is 2.08. The summed E-state index contributed by atoms with van der Waals surface area (Å²) in [6, 6.07) is 6.57. The lowest BCUT2D eigenvalue weighted by molar-refractivity contribution is -0.108. The van der Waals surface area contributed by atoms with Crippen molar-refractivity contribution in [1.82, 2.24) is 4.98 Å². The highest BCUT2D eigenvalue weighted by Crippen LogP contribution is 2.32. The number of aromatic nitrogens is 1. The van der Waals surface area contributed by atoms with Gasteiger partial charge in [0.15, 0.2) is 0 Å². The Kier molecular flexibility index (Phi) is 2.50. The second-order valence-corrected chi connectivity index (χ2v) is 5.04. The number of aromatic amines is 1. The smallest absolute Gasteiger partial charge is 0.120 e. The van der Waals surface area contributed by atoms with Gasteiger partial charge in [0.25, 0.3) is 0 Å². The molecule has 17 heavy (non-hydrogen) atoms. The predicted octanol–water partition coefficient (Wildman–Crippen LogP) is 3.35. The van der Waals surface area contributed by atoms with Crippen LogP contribution in [0.4, 0.5) is 0 Å². The van der Waals surface area contributed by atoms with Gasteiger partial charge in [-0.2, -0.15) is 0 Å². The highest BCUT2D eigenvalue weighted by atomic mass is 16.1. The summed E-state index contributed by atoms with van der Waals surface area (Å²) in [6.07, 6.45) is 5.27. The Hall–Kier alpha value is -1.57. The summed E-state index contributed by atoms with van der Waals surface area (Å²) < 4.78 is 0. The summed E-state index contributed by atoms with van der Waals surface area (Å²) in [6.45, 7) is 2.11. The zero-order chi connectivity index (χ0) is 11.8. The number of carbonyl (C=O) groups is 1. The van der Waals surface area contributed by atoms with Crippen molar-refractivity contribution >= 4 is 17.2 Å². The van der Waals surface area contributed by atoms with Gasteiger partial charge in [-0.25, -0.2) is 0 Å². The van der Waals surface area contributed by atoms with Crippen molar-refractivity contribution < 1.29 is 4.79 Å². The number of hydrogen-bond donors (Lipinski definition) is 1. The topological polar surface area (TPSA) is 32.9 Å². The van der Waals surface area contributed by atoms with Crippen LogP contribution in [0.2, 0.25) is 0 Å². The van der Waals surface area contributed by atoms with Crippen LogP contribution in [0.25, 0.3) is 10.9 Å². The lowest BCUT2D eigenvalue weighted by Gasteiger charge is -2.08. The molecule has 0 radical (unpaired) electrons. The Bertz CT molecular complexity index is 568. The van der Waals surface area contributed by atoms with Gasteiger partial charge < -0.3 is 9.78 Å². The van der Waals surface area contributed by atoms with Gasteiger partial charge in [-0.05, 0) is 48.4 Å². The third-order valence-electron chi connectivity index (χ3n) is 3.89. The molecule has 0 bridgehead atoms. The number of carbonyl (C=O) groups excluding carboxylic acids is 1. The molecule has 1 aromatic carbocycles. The monoisotopic (exact) mass is 227 g/mol. The Morgan fingerprint density at radius 2 is 2.29 bits per heavy atom. The number of nitrogens with one attached hydrogen (secondary N) is 1. The van der Waals surface area contributed by atoms with E-state index in [1.54, 1.807) is 0 Å². The zero-order valence-corrected chi connectivity index (χ0v) is 10.1. The van der Waals surface area contributed by atoms with Crippen LogP contribution in [0, 0.1) is 0 Å². The maximum absolute atomic E-state index is 10.6. The first-order chi connectivity index (χ1) is 8.29. The molecule has 1 aliphatic rings. The molecule has 1 N–H and O–H groups in total. The number of aldehydes is 1. The SMILES string of the molecule is CC(CC=O)c1ccc2[nH]c3c(c2c1)CCC3. The fourth-order valence-electron chi connectivity index (χ4n) is 2.85. The first-order valence-corrected chi connectivity index (χ1v) is 6.36. The van der Waals surface area contributed by atoms with E-state index in [0.717, 1.165) is 6.29 Å². The summed E-state index contributed by atoms with van der Waals surface area (Å²) >= 11 is 0. The van der Waals surface area contributed by atoms with Crippen LogP contribution in [0.3, 0.4) is 0 Å². The summed E-state index contributed by atoms with van der Waals surface area (Å²) in [7, 11) is 0. The molecule has 0 saturated carbocycles. The minimum absolute atomic E-state index is 0.323. The number of aryl methyl sites for hydroxylation is 2. The van der Waals surface area contributed by atoms with Crippen molar-refractivity contribution in [3.8, 4) is 0 Å². The molecule has 0 spiro atoms. The standard InChI is InChI=1S/C15H17NO/c1-10(7-8-17)11-5-6-15-13(9-11)12-3-2-4-14(12)16-15/h5-6,8-10,16H,2-4,7H2,1H3. The van der Waals surface area contributed by atoms with E-state index in [1.165, 1.54) is 47.0 Å². The summed E-state index contributed by atoms with van der Waals surface area (Å²) in [5, 5.41) is 1.37. The van der Waals surface area contributed by atoms with Crippen LogP contribution < -0.4 is 0 Å². The maximum Gasteiger partial charge on any atom is 0.120 e. The Morgan fingerprint density at radius 1 is 1.41 bits per heavy atom. The van der Waals surface area contributed by atoms with Crippen molar-refractivity contribution in [2.45, 2.75) is 38.5 Å². The average molecular weight is 227 g/mol. The van der Waals surface area contributed by atoms with E-state index in [1.807, 2.05) is 0 Å². The third-order valence-corrected chi connectivity index (χ3v) is 3.89. The van der Waals surface area contributed by atoms with Gasteiger partial charge >= 0.3 is 0 Å². The van der Waals surface area contributed by atoms with E-state index in [4.69, 9.17) is 0 Å². The minimum Gasteiger partial charge on any atom is -0.358 e. The molecule has 0 saturated heterocycles. The molecule has 2 aromatic rings. The largest absolute Gasteiger partial charge is 0.358 e. The lowest BCUT2D eigenvalue weighted by Crippen LogP contribution is -1.94. The number of fused-ring (bicyclic) bond motifs is 3. The van der Waals surface area contributed by atoms with Crippen molar-refractivity contribution in [3.63, 3.8) is 0 Å². The number of H-pyrrole nitrogens is 1. The van der Waals surface area contributed by atoms with Crippen molar-refractivity contribution in [2.75, 3.05) is 0 Å². The van der Waals surface area contributed by atoms with Gasteiger partial charge in [-0.3, -0.25) is 0 Å². The van der Waals surface area contributed by atoms with Crippen molar-refractivity contribution in [2.24, 2.45) is 0 Å². The van der Waals surface area contributed by atoms with E-state index in [2.05, 4.69) is 30.1 Å². The molecular formula is C15H17NO. The van der Waals surface area contributed by atoms with Gasteiger partial charge in [0.2, 0.25) is 0 Å². The van der Waals surface area contributed by atoms with Gasteiger partial charge in [-0.15, -0.1) is 0 Å². The van der Waals surface area contributed by atoms with E-state index in [9.17, 15) is 4.79 Å². The molecular weight excluding hydrogens is 210 g/mol. The van der Waals surface area contributed by atoms with E-state index >= 15 is 0 Å². The van der Waals surface area contributed by atoms with E-state index in [-0.39, 0.29) is 0 Å². The quantitative estimate of drug-likeness (QED) is 0.801. The fraction of sp³-hybridized carbons (Fsp3) is 0.400. The number of hydrogen-bond acceptors (Lipinski definition) is 1. The van der Waals surface area contributed by atoms with Crippen molar-refractivity contribution in [3.05, 3.63) is 35.0 Å². The molecule has 1 heterocycles. The van der Waals surface area contributed by atoms with Gasteiger partial charge in [-0.1, -0.05) is 13.0 Å². The summed E-state index contributed by atoms with van der Waals surface area (Å²) in [5.41, 5.74) is 5.44. The van der Waals surface area contributed by atoms with Crippen LogP contribution in [0.1, 0.15) is 42.5 Å². The van der Waals surface area contributed by atoms with E-state index in [0.29, 0.717) is 12.3 Å². The maximum atomic E-state index is 10.6. The van der Waals surface area contributed by atoms with Crippen LogP contribution in [-0.4, -0.2) is 11.3 Å². The molecule has 2 nitrogen and oxygen atoms in total. The molecule has 0 aliphatic heterocycles. The molecule has 1 unspecified atom stereocenters. The average Bonchev–Trinajstić information content (AvgIpc) is 2.88. The molecule has 1 aromatic heterocycles. The van der Waals surface area contributed by atoms with Gasteiger partial charge in [0.05, 0.1) is 0 Å². The van der Waals surface area contributed by atoms with Crippen LogP contribution in [-0.2, 0) is 17.6 Å². The van der Waals surface area contributed by atoms with Crippen LogP contribution >= 0.6 is 0 Å². The molecule has 0 amide bonds. The second kappa shape index (κ2) is 4.02. The van der Waals surface area contributed by atoms with Crippen molar-refractivity contribution in [1.29, 1.82) is 0 Å². The first-order valence-electron chi connectivity index (χ1n) is 6.36. The third kappa shape index (κ3) is 1.68. The van der Waals surface area contributed by atoms with Crippen LogP contribution in [0.5, 0.6) is 0 Å². The summed E-state index contributed by atoms with van der Waals surface area (Å²) in [4.78, 5) is 14.1. The van der Waals surface area contributed by atoms with Gasteiger partial charge in [0, 0.05) is 23.0 Å². The second-order valence-electron chi connectivity index (χ2n) is 5.04. The molecule has 1 atom stereocenters. The lowest BCUT2D eigenvalue weighted by atomic mass is 9.96. The Morgan fingerprint density at radius 3 is 3.12 bits per heavy atom. The summed E-state index contributed by atoms with van der Waals surface area (Å²) in [5.74, 6) is 0.323. The molecule has 0 fully saturated rings. The molecule has 88 valence electrons.